The molecule has 2 aromatic carbocycles. The van der Waals surface area contributed by atoms with E-state index in [1.165, 1.54) is 31.4 Å². The van der Waals surface area contributed by atoms with Gasteiger partial charge in [-0.3, -0.25) is 9.10 Å². The van der Waals surface area contributed by atoms with Gasteiger partial charge in [-0.1, -0.05) is 18.2 Å². The van der Waals surface area contributed by atoms with Crippen LogP contribution in [0.4, 0.5) is 11.4 Å². The highest BCUT2D eigenvalue weighted by atomic mass is 32.2. The average molecular weight is 346 g/mol. The number of carbonyl (C=O) groups is 2. The fourth-order valence-corrected chi connectivity index (χ4v) is 3.93. The Morgan fingerprint density at radius 1 is 1.17 bits per heavy atom. The second-order valence-corrected chi connectivity index (χ2v) is 6.96. The van der Waals surface area contributed by atoms with Gasteiger partial charge in [-0.15, -0.1) is 0 Å². The number of methoxy groups -OCH3 is 1. The van der Waals surface area contributed by atoms with E-state index in [1.807, 2.05) is 0 Å². The van der Waals surface area contributed by atoms with Crippen molar-refractivity contribution in [3.63, 3.8) is 0 Å². The van der Waals surface area contributed by atoms with Crippen LogP contribution in [-0.2, 0) is 19.6 Å². The first-order valence-corrected chi connectivity index (χ1v) is 8.47. The maximum atomic E-state index is 13.0. The summed E-state index contributed by atoms with van der Waals surface area (Å²) in [5.74, 6) is -1.06. The van der Waals surface area contributed by atoms with Gasteiger partial charge in [0.1, 0.15) is 6.54 Å². The molecule has 0 bridgehead atoms. The topological polar surface area (TPSA) is 92.8 Å². The van der Waals surface area contributed by atoms with Gasteiger partial charge < -0.3 is 10.1 Å². The minimum Gasteiger partial charge on any atom is -0.465 e. The van der Waals surface area contributed by atoms with Crippen molar-refractivity contribution in [2.75, 3.05) is 23.3 Å². The number of hydrogen-bond acceptors (Lipinski definition) is 5. The van der Waals surface area contributed by atoms with Gasteiger partial charge in [-0.05, 0) is 30.3 Å². The molecule has 1 N–H and O–H groups in total. The maximum Gasteiger partial charge on any atom is 0.337 e. The van der Waals surface area contributed by atoms with Crippen LogP contribution in [0.25, 0.3) is 0 Å². The normalized spacial score (nSPS) is 13.9. The Morgan fingerprint density at radius 3 is 2.67 bits per heavy atom. The average Bonchev–Trinajstić information content (AvgIpc) is 2.60. The zero-order valence-corrected chi connectivity index (χ0v) is 13.5. The van der Waals surface area contributed by atoms with Gasteiger partial charge in [0.05, 0.1) is 28.9 Å². The SMILES string of the molecule is COC(=O)c1cccc(S(=O)(=O)N2CC(=O)Nc3ccccc32)c1. The molecule has 1 heterocycles. The van der Waals surface area contributed by atoms with Crippen LogP contribution in [0.3, 0.4) is 0 Å². The molecule has 0 spiro atoms. The van der Waals surface area contributed by atoms with Crippen molar-refractivity contribution in [1.82, 2.24) is 0 Å². The zero-order chi connectivity index (χ0) is 17.3. The number of rotatable bonds is 3. The van der Waals surface area contributed by atoms with Crippen LogP contribution in [0, 0.1) is 0 Å². The third kappa shape index (κ3) is 2.71. The number of carbonyl (C=O) groups excluding carboxylic acids is 2. The summed E-state index contributed by atoms with van der Waals surface area (Å²) in [6.45, 7) is -0.332. The lowest BCUT2D eigenvalue weighted by atomic mass is 10.2. The Bertz CT molecular complexity index is 924. The van der Waals surface area contributed by atoms with E-state index in [9.17, 15) is 18.0 Å². The number of nitrogens with one attached hydrogen (secondary N) is 1. The van der Waals surface area contributed by atoms with Gasteiger partial charge in [0.15, 0.2) is 0 Å². The molecule has 0 unspecified atom stereocenters. The van der Waals surface area contributed by atoms with E-state index < -0.39 is 21.9 Å². The number of fused-ring (bicyclic) bond motifs is 1. The number of benzene rings is 2. The highest BCUT2D eigenvalue weighted by molar-refractivity contribution is 7.92. The van der Waals surface area contributed by atoms with Crippen LogP contribution in [0.2, 0.25) is 0 Å². The van der Waals surface area contributed by atoms with E-state index in [1.54, 1.807) is 24.3 Å². The zero-order valence-electron chi connectivity index (χ0n) is 12.7. The molecule has 7 nitrogen and oxygen atoms in total. The highest BCUT2D eigenvalue weighted by Gasteiger charge is 2.32. The van der Waals surface area contributed by atoms with Gasteiger partial charge in [-0.2, -0.15) is 0 Å². The largest absolute Gasteiger partial charge is 0.465 e. The molecule has 0 saturated carbocycles. The summed E-state index contributed by atoms with van der Waals surface area (Å²) in [5, 5.41) is 2.63. The predicted octanol–water partition coefficient (Wildman–Crippen LogP) is 1.62. The van der Waals surface area contributed by atoms with Crippen LogP contribution in [0.1, 0.15) is 10.4 Å². The lowest BCUT2D eigenvalue weighted by molar-refractivity contribution is -0.115. The van der Waals surface area contributed by atoms with Crippen molar-refractivity contribution >= 4 is 33.3 Å². The number of nitrogens with zero attached hydrogens (tertiary/aromatic N) is 1. The van der Waals surface area contributed by atoms with E-state index in [4.69, 9.17) is 0 Å². The van der Waals surface area contributed by atoms with Crippen LogP contribution < -0.4 is 9.62 Å². The van der Waals surface area contributed by atoms with Crippen molar-refractivity contribution in [2.45, 2.75) is 4.90 Å². The number of amides is 1. The fraction of sp³-hybridized carbons (Fsp3) is 0.125. The Balaban J connectivity index is 2.09. The highest BCUT2D eigenvalue weighted by Crippen LogP contribution is 2.33. The molecular weight excluding hydrogens is 332 g/mol. The van der Waals surface area contributed by atoms with Crippen molar-refractivity contribution in [3.8, 4) is 0 Å². The van der Waals surface area contributed by atoms with Crippen LogP contribution in [0.5, 0.6) is 0 Å². The molecule has 1 aliphatic rings. The monoisotopic (exact) mass is 346 g/mol. The smallest absolute Gasteiger partial charge is 0.337 e. The van der Waals surface area contributed by atoms with Crippen molar-refractivity contribution in [2.24, 2.45) is 0 Å². The van der Waals surface area contributed by atoms with E-state index >= 15 is 0 Å². The molecule has 1 aliphatic heterocycles. The number of ether oxygens (including phenoxy) is 1. The van der Waals surface area contributed by atoms with Crippen molar-refractivity contribution < 1.29 is 22.7 Å². The molecule has 0 aliphatic carbocycles. The van der Waals surface area contributed by atoms with Gasteiger partial charge in [-0.25, -0.2) is 13.2 Å². The van der Waals surface area contributed by atoms with Crippen LogP contribution in [-0.4, -0.2) is 33.9 Å². The Labute approximate surface area is 138 Å². The molecule has 0 atom stereocenters. The molecule has 3 rings (SSSR count). The Hall–Kier alpha value is -2.87. The molecule has 0 radical (unpaired) electrons. The van der Waals surface area contributed by atoms with Crippen molar-refractivity contribution in [3.05, 3.63) is 54.1 Å². The predicted molar refractivity (Wildman–Crippen MR) is 87.4 cm³/mol. The molecule has 124 valence electrons. The first kappa shape index (κ1) is 16.0. The maximum absolute atomic E-state index is 13.0. The summed E-state index contributed by atoms with van der Waals surface area (Å²) >= 11 is 0. The number of hydrogen-bond donors (Lipinski definition) is 1. The number of anilines is 2. The molecule has 0 aromatic heterocycles. The van der Waals surface area contributed by atoms with Gasteiger partial charge in [0, 0.05) is 0 Å². The molecule has 1 amide bonds. The molecule has 2 aromatic rings. The summed E-state index contributed by atoms with van der Waals surface area (Å²) in [5.41, 5.74) is 0.912. The van der Waals surface area contributed by atoms with Crippen LogP contribution >= 0.6 is 0 Å². The lowest BCUT2D eigenvalue weighted by Gasteiger charge is -2.30. The number of sulfonamides is 1. The molecule has 0 saturated heterocycles. The third-order valence-electron chi connectivity index (χ3n) is 3.58. The standard InChI is InChI=1S/C16H14N2O5S/c1-23-16(20)11-5-4-6-12(9-11)24(21,22)18-10-15(19)17-13-7-2-3-8-14(13)18/h2-9H,10H2,1H3,(H,17,19). The first-order valence-electron chi connectivity index (χ1n) is 7.03. The molecule has 0 fully saturated rings. The summed E-state index contributed by atoms with van der Waals surface area (Å²) in [4.78, 5) is 23.4. The van der Waals surface area contributed by atoms with Gasteiger partial charge in [0.2, 0.25) is 5.91 Å². The van der Waals surface area contributed by atoms with E-state index in [0.29, 0.717) is 11.4 Å². The lowest BCUT2D eigenvalue weighted by Crippen LogP contribution is -2.42. The summed E-state index contributed by atoms with van der Waals surface area (Å²) in [6.07, 6.45) is 0. The summed E-state index contributed by atoms with van der Waals surface area (Å²) in [6, 6.07) is 12.1. The summed E-state index contributed by atoms with van der Waals surface area (Å²) in [7, 11) is -2.79. The molecule has 8 heteroatoms. The Kier molecular flexibility index (Phi) is 3.98. The van der Waals surface area contributed by atoms with Gasteiger partial charge in [0.25, 0.3) is 10.0 Å². The molecule has 24 heavy (non-hydrogen) atoms. The minimum atomic E-state index is -4.01. The fourth-order valence-electron chi connectivity index (χ4n) is 2.45. The minimum absolute atomic E-state index is 0.0881. The van der Waals surface area contributed by atoms with Gasteiger partial charge >= 0.3 is 5.97 Å². The van der Waals surface area contributed by atoms with Crippen molar-refractivity contribution in [1.29, 1.82) is 0 Å². The number of esters is 1. The van der Waals surface area contributed by atoms with E-state index in [-0.39, 0.29) is 17.0 Å². The molecular formula is C16H14N2O5S. The quantitative estimate of drug-likeness (QED) is 0.853. The van der Waals surface area contributed by atoms with E-state index in [2.05, 4.69) is 10.1 Å². The Morgan fingerprint density at radius 2 is 1.92 bits per heavy atom. The first-order chi connectivity index (χ1) is 11.4. The van der Waals surface area contributed by atoms with Crippen LogP contribution in [0.15, 0.2) is 53.4 Å². The second-order valence-electron chi connectivity index (χ2n) is 5.10. The second kappa shape index (κ2) is 5.97. The number of para-hydroxylation sites is 2. The summed E-state index contributed by atoms with van der Waals surface area (Å²) < 4.78 is 31.5. The van der Waals surface area contributed by atoms with E-state index in [0.717, 1.165) is 4.31 Å². The third-order valence-corrected chi connectivity index (χ3v) is 5.33.